The smallest absolute Gasteiger partial charge is 0.229 e. The van der Waals surface area contributed by atoms with Gasteiger partial charge in [0.1, 0.15) is 5.69 Å². The third kappa shape index (κ3) is 2.50. The van der Waals surface area contributed by atoms with Crippen molar-refractivity contribution in [3.05, 3.63) is 53.3 Å². The molecule has 2 aliphatic rings. The Morgan fingerprint density at radius 1 is 1.13 bits per heavy atom. The van der Waals surface area contributed by atoms with Crippen LogP contribution in [0.4, 0.5) is 17.1 Å². The fourth-order valence-corrected chi connectivity index (χ4v) is 5.66. The number of fused-ring (bicyclic) bond motifs is 4. The van der Waals surface area contributed by atoms with Crippen LogP contribution in [0.25, 0.3) is 10.8 Å². The van der Waals surface area contributed by atoms with Crippen LogP contribution in [0.1, 0.15) is 32.3 Å². The molecule has 6 heteroatoms. The van der Waals surface area contributed by atoms with E-state index >= 15 is 0 Å². The summed E-state index contributed by atoms with van der Waals surface area (Å²) in [4.78, 5) is 13.6. The van der Waals surface area contributed by atoms with E-state index in [2.05, 4.69) is 68.0 Å². The van der Waals surface area contributed by atoms with Gasteiger partial charge in [-0.25, -0.2) is 4.99 Å². The van der Waals surface area contributed by atoms with Gasteiger partial charge >= 0.3 is 0 Å². The largest absolute Gasteiger partial charge is 0.459 e. The number of pyridine rings is 1. The Hall–Kier alpha value is -2.79. The molecule has 1 aromatic heterocycles. The molecule has 0 saturated carbocycles. The highest BCUT2D eigenvalue weighted by atomic mass is 35.5. The monoisotopic (exact) mass is 434 g/mol. The van der Waals surface area contributed by atoms with E-state index in [0.717, 1.165) is 29.3 Å². The van der Waals surface area contributed by atoms with Gasteiger partial charge in [-0.1, -0.05) is 31.5 Å². The predicted molar refractivity (Wildman–Crippen MR) is 130 cm³/mol. The van der Waals surface area contributed by atoms with E-state index in [1.54, 1.807) is 6.20 Å². The molecule has 1 unspecified atom stereocenters. The maximum Gasteiger partial charge on any atom is 0.229 e. The second kappa shape index (κ2) is 6.86. The molecule has 3 aromatic rings. The number of benzene rings is 2. The molecule has 1 spiro atoms. The Kier molecular flexibility index (Phi) is 4.45. The second-order valence-corrected chi connectivity index (χ2v) is 9.04. The Labute approximate surface area is 188 Å². The first-order valence-electron chi connectivity index (χ1n) is 10.7. The topological polar surface area (TPSA) is 41.0 Å². The van der Waals surface area contributed by atoms with Gasteiger partial charge in [-0.2, -0.15) is 0 Å². The SMILES string of the molecule is CCC1(CC)c2ccc(N(C)C)cc2N(C)C12C=Nc1c(Cl)cc3ccncc3c1O2. The molecule has 2 aromatic carbocycles. The Morgan fingerprint density at radius 3 is 2.61 bits per heavy atom. The summed E-state index contributed by atoms with van der Waals surface area (Å²) in [7, 11) is 6.23. The molecular formula is C25H27ClN4O. The summed E-state index contributed by atoms with van der Waals surface area (Å²) in [5.41, 5.74) is 3.31. The molecule has 5 nitrogen and oxygen atoms in total. The lowest BCUT2D eigenvalue weighted by molar-refractivity contribution is 0.0591. The van der Waals surface area contributed by atoms with Crippen molar-refractivity contribution >= 4 is 45.7 Å². The molecule has 0 saturated heterocycles. The fourth-order valence-electron chi connectivity index (χ4n) is 5.41. The van der Waals surface area contributed by atoms with Crippen LogP contribution in [-0.2, 0) is 5.41 Å². The minimum absolute atomic E-state index is 0.250. The number of aromatic nitrogens is 1. The summed E-state index contributed by atoms with van der Waals surface area (Å²) in [6, 6.07) is 10.6. The number of aliphatic imine (C=N–C) groups is 1. The van der Waals surface area contributed by atoms with Crippen LogP contribution in [0.3, 0.4) is 0 Å². The lowest BCUT2D eigenvalue weighted by Crippen LogP contribution is -2.62. The first-order chi connectivity index (χ1) is 14.9. The number of halogens is 1. The molecule has 0 fully saturated rings. The van der Waals surface area contributed by atoms with Gasteiger partial charge in [-0.05, 0) is 48.1 Å². The molecule has 0 radical (unpaired) electrons. The number of hydrogen-bond acceptors (Lipinski definition) is 5. The van der Waals surface area contributed by atoms with Gasteiger partial charge in [0, 0.05) is 50.3 Å². The van der Waals surface area contributed by atoms with Crippen LogP contribution in [0, 0.1) is 0 Å². The second-order valence-electron chi connectivity index (χ2n) is 8.63. The zero-order valence-electron chi connectivity index (χ0n) is 18.6. The van der Waals surface area contributed by atoms with Crippen molar-refractivity contribution in [1.29, 1.82) is 0 Å². The summed E-state index contributed by atoms with van der Waals surface area (Å²) in [6.45, 7) is 4.47. The Morgan fingerprint density at radius 2 is 1.90 bits per heavy atom. The minimum Gasteiger partial charge on any atom is -0.459 e. The standard InChI is InChI=1S/C25H27ClN4O/c1-6-24(7-2)19-9-8-17(29(3)4)13-21(19)30(5)25(24)15-28-22-20(26)12-16-10-11-27-14-18(16)23(22)31-25/h8-15H,6-7H2,1-5H3. The van der Waals surface area contributed by atoms with Crippen molar-refractivity contribution in [2.45, 2.75) is 37.8 Å². The molecule has 1 atom stereocenters. The lowest BCUT2D eigenvalue weighted by Gasteiger charge is -2.47. The van der Waals surface area contributed by atoms with E-state index in [0.29, 0.717) is 16.5 Å². The average molecular weight is 435 g/mol. The van der Waals surface area contributed by atoms with Crippen molar-refractivity contribution in [3.63, 3.8) is 0 Å². The first-order valence-corrected chi connectivity index (χ1v) is 11.1. The highest BCUT2D eigenvalue weighted by molar-refractivity contribution is 6.34. The first kappa shape index (κ1) is 20.1. The van der Waals surface area contributed by atoms with E-state index < -0.39 is 5.72 Å². The highest BCUT2D eigenvalue weighted by Gasteiger charge is 2.62. The van der Waals surface area contributed by atoms with Gasteiger partial charge in [0.05, 0.1) is 16.7 Å². The Bertz CT molecular complexity index is 1220. The molecule has 5 rings (SSSR count). The summed E-state index contributed by atoms with van der Waals surface area (Å²) < 4.78 is 7.01. The quantitative estimate of drug-likeness (QED) is 0.510. The van der Waals surface area contributed by atoms with Crippen molar-refractivity contribution in [3.8, 4) is 5.75 Å². The molecule has 0 aliphatic carbocycles. The molecular weight excluding hydrogens is 408 g/mol. The maximum atomic E-state index is 7.01. The predicted octanol–water partition coefficient (Wildman–Crippen LogP) is 5.95. The van der Waals surface area contributed by atoms with E-state index in [1.807, 2.05) is 24.5 Å². The van der Waals surface area contributed by atoms with Gasteiger partial charge in [0.2, 0.25) is 5.72 Å². The van der Waals surface area contributed by atoms with Gasteiger partial charge < -0.3 is 14.5 Å². The maximum absolute atomic E-state index is 7.01. The van der Waals surface area contributed by atoms with Crippen LogP contribution < -0.4 is 14.5 Å². The van der Waals surface area contributed by atoms with Crippen molar-refractivity contribution in [1.82, 2.24) is 4.98 Å². The fraction of sp³-hybridized carbons (Fsp3) is 0.360. The third-order valence-corrected chi connectivity index (χ3v) is 7.50. The van der Waals surface area contributed by atoms with Crippen LogP contribution in [-0.4, -0.2) is 38.1 Å². The van der Waals surface area contributed by atoms with Crippen molar-refractivity contribution in [2.75, 3.05) is 30.9 Å². The van der Waals surface area contributed by atoms with Gasteiger partial charge in [-0.15, -0.1) is 0 Å². The summed E-state index contributed by atoms with van der Waals surface area (Å²) in [5, 5.41) is 2.52. The molecule has 31 heavy (non-hydrogen) atoms. The number of anilines is 2. The molecule has 3 heterocycles. The molecule has 0 amide bonds. The number of rotatable bonds is 3. The molecule has 160 valence electrons. The van der Waals surface area contributed by atoms with Crippen molar-refractivity contribution < 1.29 is 4.74 Å². The van der Waals surface area contributed by atoms with Crippen LogP contribution >= 0.6 is 11.6 Å². The third-order valence-electron chi connectivity index (χ3n) is 7.21. The van der Waals surface area contributed by atoms with Gasteiger partial charge in [0.25, 0.3) is 0 Å². The van der Waals surface area contributed by atoms with Crippen molar-refractivity contribution in [2.24, 2.45) is 4.99 Å². The van der Waals surface area contributed by atoms with Crippen LogP contribution in [0.15, 0.2) is 47.7 Å². The minimum atomic E-state index is -0.746. The van der Waals surface area contributed by atoms with Gasteiger partial charge in [0.15, 0.2) is 5.75 Å². The van der Waals surface area contributed by atoms with Crippen LogP contribution in [0.5, 0.6) is 5.75 Å². The molecule has 0 bridgehead atoms. The number of likely N-dealkylation sites (N-methyl/N-ethyl adjacent to an activating group) is 1. The zero-order chi connectivity index (χ0) is 22.0. The summed E-state index contributed by atoms with van der Waals surface area (Å²) >= 11 is 6.60. The summed E-state index contributed by atoms with van der Waals surface area (Å²) in [5.74, 6) is 0.705. The van der Waals surface area contributed by atoms with Gasteiger partial charge in [-0.3, -0.25) is 4.98 Å². The van der Waals surface area contributed by atoms with E-state index in [1.165, 1.54) is 11.3 Å². The van der Waals surface area contributed by atoms with E-state index in [9.17, 15) is 0 Å². The molecule has 0 N–H and O–H groups in total. The van der Waals surface area contributed by atoms with Crippen LogP contribution in [0.2, 0.25) is 5.02 Å². The number of hydrogen-bond donors (Lipinski definition) is 0. The van der Waals surface area contributed by atoms with E-state index in [-0.39, 0.29) is 5.41 Å². The highest BCUT2D eigenvalue weighted by Crippen LogP contribution is 2.58. The summed E-state index contributed by atoms with van der Waals surface area (Å²) in [6.07, 6.45) is 7.41. The lowest BCUT2D eigenvalue weighted by atomic mass is 9.70. The number of ether oxygens (including phenoxy) is 1. The molecule has 2 aliphatic heterocycles. The van der Waals surface area contributed by atoms with E-state index in [4.69, 9.17) is 21.3 Å². The Balaban J connectivity index is 1.77. The number of nitrogens with zero attached hydrogens (tertiary/aromatic N) is 4. The zero-order valence-corrected chi connectivity index (χ0v) is 19.4. The average Bonchev–Trinajstić information content (AvgIpc) is 2.98. The normalized spacial score (nSPS) is 20.6.